The van der Waals surface area contributed by atoms with Crippen molar-refractivity contribution in [3.8, 4) is 28.4 Å². The van der Waals surface area contributed by atoms with E-state index in [1.54, 1.807) is 7.11 Å². The standard InChI is InChI=1S/C22H24N4O2.ClH/c1-4-24(5-2)22(27)26-15-25-20(18-8-6-7-9-19(18)26)14-23-21(25)16-10-12-17(28-3)13-11-16;/h6-14H,4-5,15H2,1-3H3;1H. The van der Waals surface area contributed by atoms with Crippen molar-refractivity contribution >= 4 is 24.1 Å². The average Bonchev–Trinajstić information content (AvgIpc) is 3.18. The molecule has 1 aromatic heterocycles. The van der Waals surface area contributed by atoms with Crippen LogP contribution in [0.5, 0.6) is 5.75 Å². The van der Waals surface area contributed by atoms with Gasteiger partial charge in [0.2, 0.25) is 0 Å². The molecule has 2 amide bonds. The number of aromatic nitrogens is 2. The monoisotopic (exact) mass is 412 g/mol. The highest BCUT2D eigenvalue weighted by Crippen LogP contribution is 2.38. The zero-order valence-electron chi connectivity index (χ0n) is 16.8. The first-order valence-electron chi connectivity index (χ1n) is 9.53. The average molecular weight is 413 g/mol. The van der Waals surface area contributed by atoms with Crippen molar-refractivity contribution in [2.24, 2.45) is 0 Å². The summed E-state index contributed by atoms with van der Waals surface area (Å²) in [6.07, 6.45) is 1.89. The van der Waals surface area contributed by atoms with Crippen LogP contribution >= 0.6 is 12.4 Å². The largest absolute Gasteiger partial charge is 0.497 e. The number of anilines is 1. The van der Waals surface area contributed by atoms with Gasteiger partial charge in [0, 0.05) is 24.2 Å². The fourth-order valence-electron chi connectivity index (χ4n) is 3.68. The van der Waals surface area contributed by atoms with Crippen molar-refractivity contribution in [3.05, 3.63) is 54.7 Å². The SMILES string of the molecule is CCN(CC)C(=O)N1Cn2c(cnc2-c2ccc(OC)cc2)-c2ccccc21.Cl. The topological polar surface area (TPSA) is 50.6 Å². The third kappa shape index (κ3) is 3.56. The molecule has 0 saturated heterocycles. The number of fused-ring (bicyclic) bond motifs is 3. The van der Waals surface area contributed by atoms with Crippen LogP contribution < -0.4 is 9.64 Å². The third-order valence-electron chi connectivity index (χ3n) is 5.22. The summed E-state index contributed by atoms with van der Waals surface area (Å²) in [5.41, 5.74) is 3.95. The Bertz CT molecular complexity index is 996. The maximum Gasteiger partial charge on any atom is 0.325 e. The summed E-state index contributed by atoms with van der Waals surface area (Å²) < 4.78 is 7.36. The number of hydrogen-bond acceptors (Lipinski definition) is 3. The lowest BCUT2D eigenvalue weighted by molar-refractivity contribution is 0.208. The van der Waals surface area contributed by atoms with Crippen molar-refractivity contribution < 1.29 is 9.53 Å². The molecule has 0 N–H and O–H groups in total. The highest BCUT2D eigenvalue weighted by molar-refractivity contribution is 5.97. The normalized spacial score (nSPS) is 11.9. The minimum atomic E-state index is 0. The van der Waals surface area contributed by atoms with Crippen LogP contribution in [-0.2, 0) is 6.67 Å². The Hall–Kier alpha value is -2.99. The lowest BCUT2D eigenvalue weighted by Gasteiger charge is -2.35. The van der Waals surface area contributed by atoms with Crippen molar-refractivity contribution in [1.82, 2.24) is 14.5 Å². The van der Waals surface area contributed by atoms with E-state index in [4.69, 9.17) is 4.74 Å². The summed E-state index contributed by atoms with van der Waals surface area (Å²) >= 11 is 0. The van der Waals surface area contributed by atoms with E-state index >= 15 is 0 Å². The van der Waals surface area contributed by atoms with Gasteiger partial charge < -0.3 is 14.2 Å². The second-order valence-electron chi connectivity index (χ2n) is 6.67. The van der Waals surface area contributed by atoms with Gasteiger partial charge in [0.25, 0.3) is 0 Å². The Kier molecular flexibility index (Phi) is 6.13. The number of hydrogen-bond donors (Lipinski definition) is 0. The van der Waals surface area contributed by atoms with E-state index in [2.05, 4.69) is 9.55 Å². The maximum atomic E-state index is 13.2. The molecule has 1 aliphatic heterocycles. The number of benzene rings is 2. The van der Waals surface area contributed by atoms with Gasteiger partial charge in [0.05, 0.1) is 24.7 Å². The van der Waals surface area contributed by atoms with Gasteiger partial charge >= 0.3 is 6.03 Å². The van der Waals surface area contributed by atoms with E-state index in [0.29, 0.717) is 19.8 Å². The molecule has 3 aromatic rings. The summed E-state index contributed by atoms with van der Waals surface area (Å²) in [4.78, 5) is 21.5. The number of urea groups is 1. The van der Waals surface area contributed by atoms with Gasteiger partial charge in [-0.3, -0.25) is 4.90 Å². The second kappa shape index (κ2) is 8.57. The number of nitrogens with zero attached hydrogens (tertiary/aromatic N) is 4. The molecule has 0 atom stereocenters. The fraction of sp³-hybridized carbons (Fsp3) is 0.273. The molecule has 0 fully saturated rings. The molecule has 7 heteroatoms. The summed E-state index contributed by atoms with van der Waals surface area (Å²) in [6.45, 7) is 5.79. The van der Waals surface area contributed by atoms with Gasteiger partial charge in [-0.05, 0) is 44.2 Å². The number of methoxy groups -OCH3 is 1. The molecule has 0 unspecified atom stereocenters. The van der Waals surface area contributed by atoms with Crippen LogP contribution in [-0.4, -0.2) is 40.7 Å². The number of carbonyl (C=O) groups is 1. The Morgan fingerprint density at radius 3 is 2.45 bits per heavy atom. The minimum Gasteiger partial charge on any atom is -0.497 e. The van der Waals surface area contributed by atoms with Gasteiger partial charge in [-0.15, -0.1) is 12.4 Å². The van der Waals surface area contributed by atoms with Gasteiger partial charge in [-0.1, -0.05) is 18.2 Å². The van der Waals surface area contributed by atoms with Crippen LogP contribution in [0.25, 0.3) is 22.6 Å². The van der Waals surface area contributed by atoms with Gasteiger partial charge in [-0.25, -0.2) is 9.78 Å². The lowest BCUT2D eigenvalue weighted by Crippen LogP contribution is -2.45. The van der Waals surface area contributed by atoms with E-state index < -0.39 is 0 Å². The number of ether oxygens (including phenoxy) is 1. The number of imidazole rings is 1. The molecule has 0 spiro atoms. The minimum absolute atomic E-state index is 0. The molecule has 2 heterocycles. The fourth-order valence-corrected chi connectivity index (χ4v) is 3.68. The second-order valence-corrected chi connectivity index (χ2v) is 6.67. The molecule has 6 nitrogen and oxygen atoms in total. The van der Waals surface area contributed by atoms with Gasteiger partial charge in [-0.2, -0.15) is 0 Å². The number of para-hydroxylation sites is 1. The highest BCUT2D eigenvalue weighted by Gasteiger charge is 2.30. The van der Waals surface area contributed by atoms with E-state index in [9.17, 15) is 4.79 Å². The Balaban J connectivity index is 0.00000240. The van der Waals surface area contributed by atoms with Gasteiger partial charge in [0.1, 0.15) is 18.2 Å². The van der Waals surface area contributed by atoms with Crippen LogP contribution in [0.2, 0.25) is 0 Å². The van der Waals surface area contributed by atoms with Crippen LogP contribution in [0.15, 0.2) is 54.7 Å². The van der Waals surface area contributed by atoms with Crippen LogP contribution in [0.4, 0.5) is 10.5 Å². The number of rotatable bonds is 4. The number of amides is 2. The van der Waals surface area contributed by atoms with Crippen LogP contribution in [0.1, 0.15) is 13.8 Å². The first kappa shape index (κ1) is 20.7. The van der Waals surface area contributed by atoms with E-state index in [1.165, 1.54) is 0 Å². The summed E-state index contributed by atoms with van der Waals surface area (Å²) in [6, 6.07) is 15.8. The summed E-state index contributed by atoms with van der Waals surface area (Å²) in [5, 5.41) is 0. The molecule has 1 aliphatic rings. The smallest absolute Gasteiger partial charge is 0.325 e. The summed E-state index contributed by atoms with van der Waals surface area (Å²) in [5.74, 6) is 1.64. The third-order valence-corrected chi connectivity index (χ3v) is 5.22. The lowest BCUT2D eigenvalue weighted by atomic mass is 10.1. The maximum absolute atomic E-state index is 13.2. The molecular formula is C22H25ClN4O2. The Morgan fingerprint density at radius 1 is 1.10 bits per heavy atom. The zero-order valence-corrected chi connectivity index (χ0v) is 17.6. The van der Waals surface area contributed by atoms with Crippen LogP contribution in [0, 0.1) is 0 Å². The molecular weight excluding hydrogens is 388 g/mol. The first-order valence-corrected chi connectivity index (χ1v) is 9.53. The van der Waals surface area contributed by atoms with Crippen molar-refractivity contribution in [3.63, 3.8) is 0 Å². The predicted molar refractivity (Wildman–Crippen MR) is 118 cm³/mol. The molecule has 152 valence electrons. The van der Waals surface area contributed by atoms with Crippen molar-refractivity contribution in [1.29, 1.82) is 0 Å². The predicted octanol–water partition coefficient (Wildman–Crippen LogP) is 4.89. The van der Waals surface area contributed by atoms with Gasteiger partial charge in [0.15, 0.2) is 0 Å². The number of carbonyl (C=O) groups excluding carboxylic acids is 1. The number of halogens is 1. The Labute approximate surface area is 177 Å². The molecule has 0 radical (unpaired) electrons. The molecule has 29 heavy (non-hydrogen) atoms. The van der Waals surface area contributed by atoms with E-state index in [0.717, 1.165) is 34.1 Å². The first-order chi connectivity index (χ1) is 13.7. The van der Waals surface area contributed by atoms with Crippen molar-refractivity contribution in [2.75, 3.05) is 25.1 Å². The molecule has 4 rings (SSSR count). The van der Waals surface area contributed by atoms with Crippen molar-refractivity contribution in [2.45, 2.75) is 20.5 Å². The van der Waals surface area contributed by atoms with Crippen LogP contribution in [0.3, 0.4) is 0 Å². The zero-order chi connectivity index (χ0) is 19.7. The summed E-state index contributed by atoms with van der Waals surface area (Å²) in [7, 11) is 1.65. The Morgan fingerprint density at radius 2 is 1.79 bits per heavy atom. The molecule has 0 aliphatic carbocycles. The van der Waals surface area contributed by atoms with E-state index in [1.807, 2.05) is 78.4 Å². The highest BCUT2D eigenvalue weighted by atomic mass is 35.5. The molecule has 0 bridgehead atoms. The quantitative estimate of drug-likeness (QED) is 0.613. The van der Waals surface area contributed by atoms with E-state index in [-0.39, 0.29) is 18.4 Å². The molecule has 0 saturated carbocycles. The molecule has 2 aromatic carbocycles.